The number of anilines is 3. The highest BCUT2D eigenvalue weighted by molar-refractivity contribution is 5.92. The first-order valence-electron chi connectivity index (χ1n) is 8.61. The molecule has 2 rings (SSSR count). The third-order valence-corrected chi connectivity index (χ3v) is 3.41. The molecule has 2 aromatic rings. The first-order chi connectivity index (χ1) is 12.4. The van der Waals surface area contributed by atoms with E-state index in [1.54, 1.807) is 24.3 Å². The summed E-state index contributed by atoms with van der Waals surface area (Å²) in [7, 11) is 0. The molecule has 0 heterocycles. The lowest BCUT2D eigenvalue weighted by molar-refractivity contribution is -0.116. The summed E-state index contributed by atoms with van der Waals surface area (Å²) < 4.78 is 5.74. The maximum absolute atomic E-state index is 12.1. The maximum Gasteiger partial charge on any atom is 0.226 e. The van der Waals surface area contributed by atoms with Crippen LogP contribution in [-0.4, -0.2) is 24.5 Å². The Labute approximate surface area is 153 Å². The molecule has 138 valence electrons. The van der Waals surface area contributed by atoms with Crippen LogP contribution in [-0.2, 0) is 9.59 Å². The third kappa shape index (κ3) is 6.47. The van der Waals surface area contributed by atoms with Crippen molar-refractivity contribution in [2.75, 3.05) is 22.5 Å². The zero-order valence-corrected chi connectivity index (χ0v) is 15.3. The van der Waals surface area contributed by atoms with Gasteiger partial charge in [-0.05, 0) is 50.2 Å². The highest BCUT2D eigenvalue weighted by atomic mass is 16.5. The number of amides is 2. The van der Waals surface area contributed by atoms with E-state index in [-0.39, 0.29) is 17.9 Å². The van der Waals surface area contributed by atoms with Gasteiger partial charge in [0.1, 0.15) is 5.75 Å². The standard InChI is InChI=1S/C20H25N3O3/c1-14(2)26-19-7-5-4-6-18(19)21-13-12-20(25)23-17-10-8-16(9-11-17)22-15(3)24/h4-11,14,21H,12-13H2,1-3H3,(H,22,24)(H,23,25). The van der Waals surface area contributed by atoms with Crippen LogP contribution in [0.4, 0.5) is 17.1 Å². The van der Waals surface area contributed by atoms with Crippen LogP contribution in [0, 0.1) is 0 Å². The average Bonchev–Trinajstić information content (AvgIpc) is 2.57. The molecule has 0 aliphatic rings. The van der Waals surface area contributed by atoms with E-state index in [9.17, 15) is 9.59 Å². The summed E-state index contributed by atoms with van der Waals surface area (Å²) in [5.74, 6) is 0.554. The Bertz CT molecular complexity index is 742. The monoisotopic (exact) mass is 355 g/mol. The van der Waals surface area contributed by atoms with E-state index in [2.05, 4.69) is 16.0 Å². The van der Waals surface area contributed by atoms with Crippen molar-refractivity contribution in [1.29, 1.82) is 0 Å². The molecule has 0 aliphatic carbocycles. The average molecular weight is 355 g/mol. The van der Waals surface area contributed by atoms with E-state index in [1.807, 2.05) is 38.1 Å². The Hall–Kier alpha value is -3.02. The number of hydrogen-bond donors (Lipinski definition) is 3. The Kier molecular flexibility index (Phi) is 7.02. The minimum atomic E-state index is -0.130. The van der Waals surface area contributed by atoms with Crippen molar-refractivity contribution in [3.8, 4) is 5.75 Å². The molecular weight excluding hydrogens is 330 g/mol. The lowest BCUT2D eigenvalue weighted by Gasteiger charge is -2.15. The Morgan fingerprint density at radius 1 is 0.962 bits per heavy atom. The number of para-hydroxylation sites is 2. The van der Waals surface area contributed by atoms with Crippen molar-refractivity contribution >= 4 is 28.9 Å². The van der Waals surface area contributed by atoms with Crippen molar-refractivity contribution in [1.82, 2.24) is 0 Å². The van der Waals surface area contributed by atoms with Crippen LogP contribution in [0.15, 0.2) is 48.5 Å². The molecule has 2 aromatic carbocycles. The fourth-order valence-corrected chi connectivity index (χ4v) is 2.34. The zero-order chi connectivity index (χ0) is 18.9. The number of carbonyl (C=O) groups excluding carboxylic acids is 2. The van der Waals surface area contributed by atoms with Gasteiger partial charge < -0.3 is 20.7 Å². The van der Waals surface area contributed by atoms with Crippen molar-refractivity contribution < 1.29 is 14.3 Å². The summed E-state index contributed by atoms with van der Waals surface area (Å²) >= 11 is 0. The second-order valence-electron chi connectivity index (χ2n) is 6.15. The molecule has 0 aromatic heterocycles. The minimum absolute atomic E-state index is 0.0849. The number of rotatable bonds is 8. The molecule has 0 saturated heterocycles. The Balaban J connectivity index is 1.81. The SMILES string of the molecule is CC(=O)Nc1ccc(NC(=O)CCNc2ccccc2OC(C)C)cc1. The van der Waals surface area contributed by atoms with Gasteiger partial charge in [0.05, 0.1) is 11.8 Å². The van der Waals surface area contributed by atoms with Gasteiger partial charge in [-0.1, -0.05) is 12.1 Å². The van der Waals surface area contributed by atoms with Crippen LogP contribution >= 0.6 is 0 Å². The molecule has 3 N–H and O–H groups in total. The summed E-state index contributed by atoms with van der Waals surface area (Å²) in [5, 5.41) is 8.75. The third-order valence-electron chi connectivity index (χ3n) is 3.41. The zero-order valence-electron chi connectivity index (χ0n) is 15.3. The predicted octanol–water partition coefficient (Wildman–Crippen LogP) is 3.87. The molecule has 0 bridgehead atoms. The van der Waals surface area contributed by atoms with Gasteiger partial charge in [-0.3, -0.25) is 9.59 Å². The van der Waals surface area contributed by atoms with Crippen LogP contribution < -0.4 is 20.7 Å². The molecule has 6 nitrogen and oxygen atoms in total. The normalized spacial score (nSPS) is 10.3. The molecule has 0 saturated carbocycles. The molecule has 0 aliphatic heterocycles. The van der Waals surface area contributed by atoms with E-state index >= 15 is 0 Å². The van der Waals surface area contributed by atoms with Gasteiger partial charge in [0.2, 0.25) is 11.8 Å². The maximum atomic E-state index is 12.1. The summed E-state index contributed by atoms with van der Waals surface area (Å²) in [5.41, 5.74) is 2.25. The lowest BCUT2D eigenvalue weighted by Crippen LogP contribution is -2.17. The second kappa shape index (κ2) is 9.46. The highest BCUT2D eigenvalue weighted by Gasteiger charge is 2.06. The van der Waals surface area contributed by atoms with E-state index in [4.69, 9.17) is 4.74 Å². The molecule has 0 radical (unpaired) electrons. The van der Waals surface area contributed by atoms with E-state index < -0.39 is 0 Å². The first-order valence-corrected chi connectivity index (χ1v) is 8.61. The van der Waals surface area contributed by atoms with Crippen LogP contribution in [0.2, 0.25) is 0 Å². The fraction of sp³-hybridized carbons (Fsp3) is 0.300. The van der Waals surface area contributed by atoms with Crippen molar-refractivity contribution in [2.24, 2.45) is 0 Å². The first kappa shape index (κ1) is 19.3. The van der Waals surface area contributed by atoms with Gasteiger partial charge in [-0.2, -0.15) is 0 Å². The van der Waals surface area contributed by atoms with Crippen LogP contribution in [0.25, 0.3) is 0 Å². The number of ether oxygens (including phenoxy) is 1. The number of nitrogens with one attached hydrogen (secondary N) is 3. The Morgan fingerprint density at radius 2 is 1.58 bits per heavy atom. The summed E-state index contributed by atoms with van der Waals surface area (Å²) in [6, 6.07) is 14.7. The quantitative estimate of drug-likeness (QED) is 0.671. The van der Waals surface area contributed by atoms with Crippen LogP contribution in [0.5, 0.6) is 5.75 Å². The lowest BCUT2D eigenvalue weighted by atomic mass is 10.2. The van der Waals surface area contributed by atoms with Gasteiger partial charge in [0, 0.05) is 31.3 Å². The van der Waals surface area contributed by atoms with Crippen molar-refractivity contribution in [3.05, 3.63) is 48.5 Å². The van der Waals surface area contributed by atoms with Gasteiger partial charge in [-0.15, -0.1) is 0 Å². The topological polar surface area (TPSA) is 79.5 Å². The molecule has 0 spiro atoms. The van der Waals surface area contributed by atoms with Gasteiger partial charge >= 0.3 is 0 Å². The van der Waals surface area contributed by atoms with Crippen LogP contribution in [0.1, 0.15) is 27.2 Å². The molecule has 6 heteroatoms. The van der Waals surface area contributed by atoms with Gasteiger partial charge in [0.25, 0.3) is 0 Å². The van der Waals surface area contributed by atoms with Crippen molar-refractivity contribution in [3.63, 3.8) is 0 Å². The molecule has 26 heavy (non-hydrogen) atoms. The molecule has 0 unspecified atom stereocenters. The molecule has 0 fully saturated rings. The largest absolute Gasteiger partial charge is 0.489 e. The minimum Gasteiger partial charge on any atom is -0.489 e. The fourth-order valence-electron chi connectivity index (χ4n) is 2.34. The van der Waals surface area contributed by atoms with E-state index in [1.165, 1.54) is 6.92 Å². The molecule has 0 atom stereocenters. The number of benzene rings is 2. The van der Waals surface area contributed by atoms with Crippen LogP contribution in [0.3, 0.4) is 0 Å². The summed E-state index contributed by atoms with van der Waals surface area (Å²) in [6.07, 6.45) is 0.408. The summed E-state index contributed by atoms with van der Waals surface area (Å²) in [6.45, 7) is 5.89. The predicted molar refractivity (Wildman–Crippen MR) is 105 cm³/mol. The number of hydrogen-bond acceptors (Lipinski definition) is 4. The van der Waals surface area contributed by atoms with E-state index in [0.29, 0.717) is 24.3 Å². The summed E-state index contributed by atoms with van der Waals surface area (Å²) in [4.78, 5) is 23.1. The smallest absolute Gasteiger partial charge is 0.226 e. The second-order valence-corrected chi connectivity index (χ2v) is 6.15. The van der Waals surface area contributed by atoms with Gasteiger partial charge in [-0.25, -0.2) is 0 Å². The molecular formula is C20H25N3O3. The molecule has 2 amide bonds. The van der Waals surface area contributed by atoms with Gasteiger partial charge in [0.15, 0.2) is 0 Å². The van der Waals surface area contributed by atoms with E-state index in [0.717, 1.165) is 11.4 Å². The highest BCUT2D eigenvalue weighted by Crippen LogP contribution is 2.24. The number of carbonyl (C=O) groups is 2. The van der Waals surface area contributed by atoms with Crippen molar-refractivity contribution in [2.45, 2.75) is 33.3 Å². The Morgan fingerprint density at radius 3 is 2.19 bits per heavy atom.